The highest BCUT2D eigenvalue weighted by Crippen LogP contribution is 2.38. The molecule has 0 bridgehead atoms. The SMILES string of the molecule is CC(C)(C)OC(=O)Nc1c[nH]c2c(P(C)(C)=O)cccc12. The summed E-state index contributed by atoms with van der Waals surface area (Å²) in [6.07, 6.45) is 1.18. The highest BCUT2D eigenvalue weighted by molar-refractivity contribution is 7.70. The van der Waals surface area contributed by atoms with E-state index in [9.17, 15) is 9.36 Å². The van der Waals surface area contributed by atoms with Crippen molar-refractivity contribution in [3.8, 4) is 0 Å². The molecule has 0 radical (unpaired) electrons. The van der Waals surface area contributed by atoms with E-state index in [-0.39, 0.29) is 0 Å². The van der Waals surface area contributed by atoms with Crippen LogP contribution in [-0.4, -0.2) is 30.0 Å². The molecule has 114 valence electrons. The van der Waals surface area contributed by atoms with E-state index in [1.807, 2.05) is 39.0 Å². The van der Waals surface area contributed by atoms with Crippen molar-refractivity contribution in [3.63, 3.8) is 0 Å². The largest absolute Gasteiger partial charge is 0.444 e. The van der Waals surface area contributed by atoms with E-state index >= 15 is 0 Å². The molecule has 2 rings (SSSR count). The molecule has 0 unspecified atom stereocenters. The number of hydrogen-bond acceptors (Lipinski definition) is 3. The molecule has 0 saturated carbocycles. The predicted octanol–water partition coefficient (Wildman–Crippen LogP) is 3.76. The maximum absolute atomic E-state index is 12.3. The number of para-hydroxylation sites is 1. The Morgan fingerprint density at radius 2 is 1.95 bits per heavy atom. The van der Waals surface area contributed by atoms with Crippen LogP contribution in [0.3, 0.4) is 0 Å². The summed E-state index contributed by atoms with van der Waals surface area (Å²) in [5.74, 6) is 0. The van der Waals surface area contributed by atoms with Gasteiger partial charge in [-0.2, -0.15) is 0 Å². The monoisotopic (exact) mass is 308 g/mol. The van der Waals surface area contributed by atoms with E-state index < -0.39 is 18.8 Å². The third kappa shape index (κ3) is 3.67. The van der Waals surface area contributed by atoms with Gasteiger partial charge in [-0.3, -0.25) is 5.32 Å². The number of H-pyrrole nitrogens is 1. The second-order valence-electron chi connectivity index (χ2n) is 6.38. The highest BCUT2D eigenvalue weighted by atomic mass is 31.2. The number of aromatic nitrogens is 1. The zero-order valence-electron chi connectivity index (χ0n) is 13.0. The van der Waals surface area contributed by atoms with Gasteiger partial charge in [0.1, 0.15) is 12.7 Å². The summed E-state index contributed by atoms with van der Waals surface area (Å²) in [5, 5.41) is 4.31. The summed E-state index contributed by atoms with van der Waals surface area (Å²) in [7, 11) is -2.39. The van der Waals surface area contributed by atoms with Gasteiger partial charge in [-0.15, -0.1) is 0 Å². The minimum Gasteiger partial charge on any atom is -0.444 e. The lowest BCUT2D eigenvalue weighted by Crippen LogP contribution is -2.27. The van der Waals surface area contributed by atoms with E-state index in [0.29, 0.717) is 5.69 Å². The van der Waals surface area contributed by atoms with Gasteiger partial charge in [-0.05, 0) is 40.2 Å². The molecule has 6 heteroatoms. The first-order chi connectivity index (χ1) is 9.58. The Balaban J connectivity index is 2.36. The average molecular weight is 308 g/mol. The molecule has 0 spiro atoms. The molecule has 0 saturated heterocycles. The van der Waals surface area contributed by atoms with Crippen LogP contribution >= 0.6 is 7.14 Å². The molecule has 1 aromatic heterocycles. The molecule has 0 atom stereocenters. The van der Waals surface area contributed by atoms with Crippen LogP contribution in [0.4, 0.5) is 10.5 Å². The van der Waals surface area contributed by atoms with Gasteiger partial charge >= 0.3 is 6.09 Å². The molecule has 0 aliphatic heterocycles. The van der Waals surface area contributed by atoms with Gasteiger partial charge in [0.25, 0.3) is 0 Å². The summed E-state index contributed by atoms with van der Waals surface area (Å²) >= 11 is 0. The van der Waals surface area contributed by atoms with Gasteiger partial charge in [0.2, 0.25) is 0 Å². The second-order valence-corrected chi connectivity index (χ2v) is 9.56. The van der Waals surface area contributed by atoms with E-state index in [4.69, 9.17) is 4.74 Å². The van der Waals surface area contributed by atoms with Crippen molar-refractivity contribution < 1.29 is 14.1 Å². The lowest BCUT2D eigenvalue weighted by Gasteiger charge is -2.19. The summed E-state index contributed by atoms with van der Waals surface area (Å²) in [5.41, 5.74) is 0.857. The summed E-state index contributed by atoms with van der Waals surface area (Å²) in [4.78, 5) is 14.9. The van der Waals surface area contributed by atoms with Crippen LogP contribution in [0.1, 0.15) is 20.8 Å². The maximum Gasteiger partial charge on any atom is 0.412 e. The van der Waals surface area contributed by atoms with Crippen LogP contribution in [0, 0.1) is 0 Å². The van der Waals surface area contributed by atoms with Crippen molar-refractivity contribution in [3.05, 3.63) is 24.4 Å². The quantitative estimate of drug-likeness (QED) is 0.830. The Kier molecular flexibility index (Phi) is 3.89. The predicted molar refractivity (Wildman–Crippen MR) is 87.2 cm³/mol. The first kappa shape index (κ1) is 15.6. The number of nitrogens with one attached hydrogen (secondary N) is 2. The second kappa shape index (κ2) is 5.23. The highest BCUT2D eigenvalue weighted by Gasteiger charge is 2.20. The standard InChI is InChI=1S/C15H21N2O3P/c1-15(2,3)20-14(18)17-11-9-16-13-10(11)7-6-8-12(13)21(4,5)19/h6-9,16H,1-5H3,(H,17,18). The molecule has 0 fully saturated rings. The number of aromatic amines is 1. The van der Waals surface area contributed by atoms with Crippen molar-refractivity contribution in [1.82, 2.24) is 4.98 Å². The van der Waals surface area contributed by atoms with Crippen molar-refractivity contribution in [1.29, 1.82) is 0 Å². The fourth-order valence-electron chi connectivity index (χ4n) is 2.10. The minimum absolute atomic E-state index is 0.509. The molecule has 1 amide bonds. The average Bonchev–Trinajstić information content (AvgIpc) is 2.68. The van der Waals surface area contributed by atoms with E-state index in [1.54, 1.807) is 19.5 Å². The molecular formula is C15H21N2O3P. The first-order valence-electron chi connectivity index (χ1n) is 6.73. The van der Waals surface area contributed by atoms with Gasteiger partial charge in [0.15, 0.2) is 0 Å². The molecular weight excluding hydrogens is 287 g/mol. The molecule has 1 heterocycles. The van der Waals surface area contributed by atoms with Crippen molar-refractivity contribution in [2.24, 2.45) is 0 Å². The molecule has 2 aromatic rings. The van der Waals surface area contributed by atoms with Crippen molar-refractivity contribution >= 4 is 35.1 Å². The fourth-order valence-corrected chi connectivity index (χ4v) is 3.27. The van der Waals surface area contributed by atoms with Gasteiger partial charge in [0, 0.05) is 16.9 Å². The Bertz CT molecular complexity index is 722. The third-order valence-electron chi connectivity index (χ3n) is 2.91. The third-order valence-corrected chi connectivity index (χ3v) is 4.44. The molecule has 5 nitrogen and oxygen atoms in total. The fraction of sp³-hybridized carbons (Fsp3) is 0.400. The Morgan fingerprint density at radius 3 is 2.52 bits per heavy atom. The number of ether oxygens (including phenoxy) is 1. The lowest BCUT2D eigenvalue weighted by atomic mass is 10.2. The number of benzene rings is 1. The molecule has 1 aromatic carbocycles. The van der Waals surface area contributed by atoms with Crippen LogP contribution in [0.5, 0.6) is 0 Å². The Hall–Kier alpha value is -1.74. The number of fused-ring (bicyclic) bond motifs is 1. The summed E-state index contributed by atoms with van der Waals surface area (Å²) < 4.78 is 17.6. The van der Waals surface area contributed by atoms with E-state index in [2.05, 4.69) is 10.3 Å². The number of amides is 1. The van der Waals surface area contributed by atoms with Crippen LogP contribution in [0.25, 0.3) is 10.9 Å². The zero-order valence-corrected chi connectivity index (χ0v) is 13.9. The van der Waals surface area contributed by atoms with Gasteiger partial charge in [-0.1, -0.05) is 12.1 Å². The van der Waals surface area contributed by atoms with Crippen molar-refractivity contribution in [2.75, 3.05) is 18.6 Å². The minimum atomic E-state index is -2.39. The number of rotatable bonds is 2. The molecule has 0 aliphatic carbocycles. The van der Waals surface area contributed by atoms with Crippen LogP contribution in [0.2, 0.25) is 0 Å². The van der Waals surface area contributed by atoms with Gasteiger partial charge in [0.05, 0.1) is 11.2 Å². The van der Waals surface area contributed by atoms with Crippen LogP contribution in [0.15, 0.2) is 24.4 Å². The number of carbonyl (C=O) groups excluding carboxylic acids is 1. The molecule has 2 N–H and O–H groups in total. The summed E-state index contributed by atoms with van der Waals surface area (Å²) in [6.45, 7) is 8.88. The molecule has 21 heavy (non-hydrogen) atoms. The molecule has 0 aliphatic rings. The Morgan fingerprint density at radius 1 is 1.29 bits per heavy atom. The number of carbonyl (C=O) groups is 1. The smallest absolute Gasteiger partial charge is 0.412 e. The number of hydrogen-bond donors (Lipinski definition) is 2. The first-order valence-corrected chi connectivity index (χ1v) is 9.34. The zero-order chi connectivity index (χ0) is 15.8. The van der Waals surface area contributed by atoms with E-state index in [1.165, 1.54) is 0 Å². The normalized spacial score (nSPS) is 12.4. The maximum atomic E-state index is 12.3. The lowest BCUT2D eigenvalue weighted by molar-refractivity contribution is 0.0636. The Labute approximate surface area is 124 Å². The summed E-state index contributed by atoms with van der Waals surface area (Å²) in [6, 6.07) is 5.56. The van der Waals surface area contributed by atoms with Gasteiger partial charge < -0.3 is 14.3 Å². The van der Waals surface area contributed by atoms with Gasteiger partial charge in [-0.25, -0.2) is 4.79 Å². The van der Waals surface area contributed by atoms with Crippen molar-refractivity contribution in [2.45, 2.75) is 26.4 Å². The van der Waals surface area contributed by atoms with Crippen LogP contribution in [-0.2, 0) is 9.30 Å². The topological polar surface area (TPSA) is 71.2 Å². The number of anilines is 1. The van der Waals surface area contributed by atoms with Crippen LogP contribution < -0.4 is 10.6 Å². The van der Waals surface area contributed by atoms with E-state index in [0.717, 1.165) is 16.2 Å².